The van der Waals surface area contributed by atoms with E-state index in [1.54, 1.807) is 24.3 Å². The molecule has 2 rings (SSSR count). The fraction of sp³-hybridized carbons (Fsp3) is 0.471. The number of aliphatic hydroxyl groups is 1. The van der Waals surface area contributed by atoms with E-state index in [-0.39, 0.29) is 6.42 Å². The van der Waals surface area contributed by atoms with Crippen molar-refractivity contribution >= 4 is 33.7 Å². The minimum Gasteiger partial charge on any atom is -0.469 e. The molecular formula is C17H19BrO6. The van der Waals surface area contributed by atoms with Crippen LogP contribution in [0.3, 0.4) is 0 Å². The molecule has 1 aliphatic rings. The van der Waals surface area contributed by atoms with Gasteiger partial charge >= 0.3 is 11.9 Å². The lowest BCUT2D eigenvalue weighted by molar-refractivity contribution is -0.170. The highest BCUT2D eigenvalue weighted by atomic mass is 79.9. The van der Waals surface area contributed by atoms with Gasteiger partial charge in [-0.1, -0.05) is 28.1 Å². The molecule has 0 unspecified atom stereocenters. The second-order valence-corrected chi connectivity index (χ2v) is 7.00. The standard InChI is InChI=1S/C17H19BrO6/c1-17(22)8-11(19)13(15(20)23-2)12(14(17)16(21)24-3)9-5-4-6-10(18)7-9/h4-7,12-14,22H,8H2,1-3H3/t12-,13+,14-,17-/m1/s1. The van der Waals surface area contributed by atoms with Crippen LogP contribution in [0.1, 0.15) is 24.8 Å². The van der Waals surface area contributed by atoms with Crippen molar-refractivity contribution < 1.29 is 29.0 Å². The molecule has 0 saturated heterocycles. The predicted molar refractivity (Wildman–Crippen MR) is 88.1 cm³/mol. The molecule has 1 aromatic carbocycles. The zero-order chi connectivity index (χ0) is 18.1. The van der Waals surface area contributed by atoms with Crippen molar-refractivity contribution in [2.75, 3.05) is 14.2 Å². The summed E-state index contributed by atoms with van der Waals surface area (Å²) in [5.74, 6) is -4.98. The fourth-order valence-electron chi connectivity index (χ4n) is 3.38. The van der Waals surface area contributed by atoms with Crippen LogP contribution >= 0.6 is 15.9 Å². The molecule has 0 bridgehead atoms. The lowest BCUT2D eigenvalue weighted by Crippen LogP contribution is -2.55. The van der Waals surface area contributed by atoms with E-state index in [1.807, 2.05) is 0 Å². The zero-order valence-corrected chi connectivity index (χ0v) is 15.2. The first-order chi connectivity index (χ1) is 11.2. The number of methoxy groups -OCH3 is 2. The van der Waals surface area contributed by atoms with Crippen molar-refractivity contribution in [3.63, 3.8) is 0 Å². The molecule has 0 aliphatic heterocycles. The number of hydrogen-bond acceptors (Lipinski definition) is 6. The number of Topliss-reactive ketones (excluding diaryl/α,β-unsaturated/α-hetero) is 1. The Morgan fingerprint density at radius 2 is 1.88 bits per heavy atom. The highest BCUT2D eigenvalue weighted by molar-refractivity contribution is 9.10. The summed E-state index contributed by atoms with van der Waals surface area (Å²) in [4.78, 5) is 37.1. The molecule has 1 fully saturated rings. The Morgan fingerprint density at radius 3 is 2.42 bits per heavy atom. The van der Waals surface area contributed by atoms with Crippen molar-refractivity contribution in [3.05, 3.63) is 34.3 Å². The number of carbonyl (C=O) groups excluding carboxylic acids is 3. The molecule has 130 valence electrons. The van der Waals surface area contributed by atoms with Crippen LogP contribution in [0.25, 0.3) is 0 Å². The Bertz CT molecular complexity index is 669. The summed E-state index contributed by atoms with van der Waals surface area (Å²) in [6.07, 6.45) is -0.322. The van der Waals surface area contributed by atoms with Gasteiger partial charge in [-0.05, 0) is 24.6 Å². The van der Waals surface area contributed by atoms with Gasteiger partial charge in [-0.15, -0.1) is 0 Å². The number of ketones is 1. The Hall–Kier alpha value is -1.73. The molecule has 1 aromatic rings. The van der Waals surface area contributed by atoms with Gasteiger partial charge in [-0.3, -0.25) is 14.4 Å². The number of esters is 2. The second kappa shape index (κ2) is 7.03. The number of carbonyl (C=O) groups is 3. The second-order valence-electron chi connectivity index (χ2n) is 6.08. The summed E-state index contributed by atoms with van der Waals surface area (Å²) in [6.45, 7) is 1.41. The summed E-state index contributed by atoms with van der Waals surface area (Å²) in [5, 5.41) is 10.7. The molecule has 0 aromatic heterocycles. The molecule has 0 heterocycles. The Morgan fingerprint density at radius 1 is 1.25 bits per heavy atom. The molecule has 1 N–H and O–H groups in total. The lowest BCUT2D eigenvalue weighted by atomic mass is 9.62. The first-order valence-corrected chi connectivity index (χ1v) is 8.18. The SMILES string of the molecule is COC(=O)[C@H]1C(=O)C[C@@](C)(O)[C@@H](C(=O)OC)[C@@H]1c1cccc(Br)c1. The van der Waals surface area contributed by atoms with Gasteiger partial charge in [0.25, 0.3) is 0 Å². The van der Waals surface area contributed by atoms with E-state index in [9.17, 15) is 19.5 Å². The third-order valence-electron chi connectivity index (χ3n) is 4.41. The van der Waals surface area contributed by atoms with Crippen LogP contribution in [0, 0.1) is 11.8 Å². The third kappa shape index (κ3) is 3.37. The molecule has 24 heavy (non-hydrogen) atoms. The Kier molecular flexibility index (Phi) is 5.45. The van der Waals surface area contributed by atoms with Crippen LogP contribution in [-0.4, -0.2) is 42.6 Å². The van der Waals surface area contributed by atoms with E-state index in [1.165, 1.54) is 21.1 Å². The van der Waals surface area contributed by atoms with Crippen LogP contribution in [0.15, 0.2) is 28.7 Å². The predicted octanol–water partition coefficient (Wildman–Crippen LogP) is 1.83. The number of benzene rings is 1. The summed E-state index contributed by atoms with van der Waals surface area (Å²) >= 11 is 3.34. The minimum absolute atomic E-state index is 0.322. The number of rotatable bonds is 3. The number of halogens is 1. The molecule has 6 nitrogen and oxygen atoms in total. The van der Waals surface area contributed by atoms with Crippen LogP contribution in [0.4, 0.5) is 0 Å². The van der Waals surface area contributed by atoms with Gasteiger partial charge in [-0.25, -0.2) is 0 Å². The van der Waals surface area contributed by atoms with E-state index in [0.717, 1.165) is 4.47 Å². The van der Waals surface area contributed by atoms with Crippen LogP contribution in [-0.2, 0) is 23.9 Å². The summed E-state index contributed by atoms with van der Waals surface area (Å²) in [7, 11) is 2.40. The normalized spacial score (nSPS) is 29.9. The van der Waals surface area contributed by atoms with Crippen molar-refractivity contribution in [1.82, 2.24) is 0 Å². The average Bonchev–Trinajstić information content (AvgIpc) is 2.52. The van der Waals surface area contributed by atoms with E-state index < -0.39 is 41.1 Å². The smallest absolute Gasteiger partial charge is 0.316 e. The van der Waals surface area contributed by atoms with Crippen molar-refractivity contribution in [1.29, 1.82) is 0 Å². The van der Waals surface area contributed by atoms with Crippen molar-refractivity contribution in [3.8, 4) is 0 Å². The lowest BCUT2D eigenvalue weighted by Gasteiger charge is -2.43. The first kappa shape index (κ1) is 18.6. The maximum Gasteiger partial charge on any atom is 0.316 e. The molecule has 1 aliphatic carbocycles. The quantitative estimate of drug-likeness (QED) is 0.616. The third-order valence-corrected chi connectivity index (χ3v) is 4.90. The molecule has 0 radical (unpaired) electrons. The number of ether oxygens (including phenoxy) is 2. The molecule has 4 atom stereocenters. The molecule has 0 spiro atoms. The van der Waals surface area contributed by atoms with Gasteiger partial charge in [0.15, 0.2) is 5.78 Å². The highest BCUT2D eigenvalue weighted by Gasteiger charge is 2.56. The zero-order valence-electron chi connectivity index (χ0n) is 13.6. The van der Waals surface area contributed by atoms with Gasteiger partial charge in [-0.2, -0.15) is 0 Å². The fourth-order valence-corrected chi connectivity index (χ4v) is 3.80. The molecular weight excluding hydrogens is 380 g/mol. The minimum atomic E-state index is -1.62. The van der Waals surface area contributed by atoms with Crippen molar-refractivity contribution in [2.45, 2.75) is 24.9 Å². The number of hydrogen-bond donors (Lipinski definition) is 1. The Balaban J connectivity index is 2.65. The summed E-state index contributed by atoms with van der Waals surface area (Å²) in [5.41, 5.74) is -1.05. The van der Waals surface area contributed by atoms with E-state index in [2.05, 4.69) is 15.9 Å². The highest BCUT2D eigenvalue weighted by Crippen LogP contribution is 2.46. The molecule has 0 amide bonds. The van der Waals surface area contributed by atoms with E-state index in [0.29, 0.717) is 5.56 Å². The average molecular weight is 399 g/mol. The van der Waals surface area contributed by atoms with Gasteiger partial charge < -0.3 is 14.6 Å². The van der Waals surface area contributed by atoms with E-state index in [4.69, 9.17) is 9.47 Å². The molecule has 7 heteroatoms. The van der Waals surface area contributed by atoms with Gasteiger partial charge in [0, 0.05) is 16.8 Å². The maximum atomic E-state index is 12.5. The topological polar surface area (TPSA) is 89.9 Å². The van der Waals surface area contributed by atoms with Gasteiger partial charge in [0.1, 0.15) is 5.92 Å². The van der Waals surface area contributed by atoms with Crippen LogP contribution < -0.4 is 0 Å². The van der Waals surface area contributed by atoms with Crippen LogP contribution in [0.5, 0.6) is 0 Å². The van der Waals surface area contributed by atoms with Crippen molar-refractivity contribution in [2.24, 2.45) is 11.8 Å². The monoisotopic (exact) mass is 398 g/mol. The largest absolute Gasteiger partial charge is 0.469 e. The van der Waals surface area contributed by atoms with Gasteiger partial charge in [0.05, 0.1) is 25.7 Å². The van der Waals surface area contributed by atoms with Crippen LogP contribution in [0.2, 0.25) is 0 Å². The summed E-state index contributed by atoms with van der Waals surface area (Å²) < 4.78 is 10.3. The first-order valence-electron chi connectivity index (χ1n) is 7.39. The summed E-state index contributed by atoms with van der Waals surface area (Å²) in [6, 6.07) is 6.93. The Labute approximate surface area is 148 Å². The molecule has 1 saturated carbocycles. The van der Waals surface area contributed by atoms with E-state index >= 15 is 0 Å². The maximum absolute atomic E-state index is 12.5. The van der Waals surface area contributed by atoms with Gasteiger partial charge in [0.2, 0.25) is 0 Å².